The zero-order chi connectivity index (χ0) is 47.1. The predicted molar refractivity (Wildman–Crippen MR) is 255 cm³/mol. The van der Waals surface area contributed by atoms with Crippen LogP contribution in [0.2, 0.25) is 54.4 Å². The minimum Gasteiger partial charge on any atom is -0.497 e. The lowest BCUT2D eigenvalue weighted by atomic mass is 9.84. The van der Waals surface area contributed by atoms with E-state index in [1.807, 2.05) is 38.1 Å². The number of ether oxygens (including phenoxy) is 7. The number of ketones is 1. The lowest BCUT2D eigenvalue weighted by Gasteiger charge is -2.52. The summed E-state index contributed by atoms with van der Waals surface area (Å²) in [6.45, 7) is 33.5. The van der Waals surface area contributed by atoms with Crippen molar-refractivity contribution in [1.82, 2.24) is 0 Å². The van der Waals surface area contributed by atoms with Crippen molar-refractivity contribution >= 4 is 30.7 Å². The number of carbonyl (C=O) groups is 1. The monoisotopic (exact) mass is 931 g/mol. The van der Waals surface area contributed by atoms with Gasteiger partial charge in [-0.15, -0.1) is 0 Å². The summed E-state index contributed by atoms with van der Waals surface area (Å²) < 4.78 is 63.1. The topological polar surface area (TPSA) is 130 Å². The fourth-order valence-corrected chi connectivity index (χ4v) is 12.9. The van der Waals surface area contributed by atoms with Crippen molar-refractivity contribution in [2.45, 2.75) is 206 Å². The SMILES string of the molecule is CC[Si](CC)(CC)O[C@H](CCCCOCc1ccc(OC)cc1)[C@H](C)C(=O)CC(O)[C@@H](O[Si](C)(C)C(C)(C)C)[C@@H]1O[C@H](O[Si](C)(C)C(C)(C)C)[C@@H](OCOC)[C@H](OCOC)[C@H]1C. The van der Waals surface area contributed by atoms with E-state index < -0.39 is 67.7 Å². The molecule has 0 aromatic heterocycles. The van der Waals surface area contributed by atoms with E-state index in [4.69, 9.17) is 46.4 Å². The smallest absolute Gasteiger partial charge is 0.195 e. The van der Waals surface area contributed by atoms with E-state index in [1.54, 1.807) is 21.3 Å². The van der Waals surface area contributed by atoms with E-state index in [2.05, 4.69) is 88.5 Å². The highest BCUT2D eigenvalue weighted by Crippen LogP contribution is 2.44. The molecule has 2 rings (SSSR count). The summed E-state index contributed by atoms with van der Waals surface area (Å²) in [6.07, 6.45) is -2.84. The summed E-state index contributed by atoms with van der Waals surface area (Å²) >= 11 is 0. The summed E-state index contributed by atoms with van der Waals surface area (Å²) in [6, 6.07) is 10.8. The van der Waals surface area contributed by atoms with Gasteiger partial charge in [-0.2, -0.15) is 0 Å². The van der Waals surface area contributed by atoms with Crippen LogP contribution in [0.5, 0.6) is 5.75 Å². The first-order valence-electron chi connectivity index (χ1n) is 23.2. The largest absolute Gasteiger partial charge is 0.497 e. The second kappa shape index (κ2) is 25.7. The molecule has 1 fully saturated rings. The zero-order valence-corrected chi connectivity index (χ0v) is 45.2. The molecule has 1 heterocycles. The Hall–Kier alpha value is -1.06. The van der Waals surface area contributed by atoms with Gasteiger partial charge in [-0.05, 0) is 91.4 Å². The lowest BCUT2D eigenvalue weighted by Crippen LogP contribution is -2.64. The molecule has 1 aliphatic heterocycles. The molecule has 15 heteroatoms. The number of aliphatic hydroxyl groups excluding tert-OH is 1. The van der Waals surface area contributed by atoms with Crippen molar-refractivity contribution in [3.05, 3.63) is 29.8 Å². The highest BCUT2D eigenvalue weighted by molar-refractivity contribution is 6.74. The maximum atomic E-state index is 14.6. The molecule has 0 amide bonds. The van der Waals surface area contributed by atoms with E-state index in [0.717, 1.165) is 48.7 Å². The van der Waals surface area contributed by atoms with Crippen LogP contribution in [0.4, 0.5) is 0 Å². The highest BCUT2D eigenvalue weighted by Gasteiger charge is 2.54. The number of unbranched alkanes of at least 4 members (excludes halogenated alkanes) is 1. The Balaban J connectivity index is 2.48. The third kappa shape index (κ3) is 16.4. The van der Waals surface area contributed by atoms with E-state index in [9.17, 15) is 9.90 Å². The quantitative estimate of drug-likeness (QED) is 0.0466. The summed E-state index contributed by atoms with van der Waals surface area (Å²) in [5, 5.41) is 12.2. The second-order valence-electron chi connectivity index (χ2n) is 20.4. The van der Waals surface area contributed by atoms with Gasteiger partial charge in [0.25, 0.3) is 0 Å². The van der Waals surface area contributed by atoms with Gasteiger partial charge < -0.3 is 51.5 Å². The number of Topliss-reactive ketones (excluding diaryl/α,β-unsaturated/α-hetero) is 1. The van der Waals surface area contributed by atoms with Crippen LogP contribution >= 0.6 is 0 Å². The maximum absolute atomic E-state index is 14.6. The molecule has 0 spiro atoms. The molecule has 0 bridgehead atoms. The van der Waals surface area contributed by atoms with Crippen molar-refractivity contribution < 1.29 is 56.3 Å². The van der Waals surface area contributed by atoms with Gasteiger partial charge >= 0.3 is 0 Å². The molecule has 1 aliphatic rings. The van der Waals surface area contributed by atoms with Crippen LogP contribution in [-0.4, -0.2) is 120 Å². The summed E-state index contributed by atoms with van der Waals surface area (Å²) in [5.41, 5.74) is 1.09. The van der Waals surface area contributed by atoms with Gasteiger partial charge in [0.05, 0.1) is 44.2 Å². The molecule has 0 saturated carbocycles. The Labute approximate surface area is 380 Å². The molecule has 1 unspecified atom stereocenters. The van der Waals surface area contributed by atoms with Gasteiger partial charge in [0.1, 0.15) is 31.2 Å². The first kappa shape index (κ1) is 57.1. The van der Waals surface area contributed by atoms with Crippen LogP contribution in [0.1, 0.15) is 107 Å². The van der Waals surface area contributed by atoms with Gasteiger partial charge in [-0.1, -0.05) is 88.3 Å². The van der Waals surface area contributed by atoms with Crippen molar-refractivity contribution in [3.8, 4) is 5.75 Å². The highest BCUT2D eigenvalue weighted by atomic mass is 28.4. The van der Waals surface area contributed by atoms with Crippen molar-refractivity contribution in [3.63, 3.8) is 0 Å². The van der Waals surface area contributed by atoms with Crippen LogP contribution in [-0.2, 0) is 53.1 Å². The van der Waals surface area contributed by atoms with E-state index >= 15 is 0 Å². The molecule has 1 aromatic rings. The number of hydrogen-bond donors (Lipinski definition) is 1. The van der Waals surface area contributed by atoms with E-state index in [0.29, 0.717) is 13.2 Å². The van der Waals surface area contributed by atoms with Crippen molar-refractivity contribution in [1.29, 1.82) is 0 Å². The number of rotatable bonds is 29. The first-order valence-corrected chi connectivity index (χ1v) is 31.5. The normalized spacial score (nSPS) is 22.6. The van der Waals surface area contributed by atoms with Gasteiger partial charge in [0.2, 0.25) is 0 Å². The van der Waals surface area contributed by atoms with Gasteiger partial charge in [-0.25, -0.2) is 0 Å². The van der Waals surface area contributed by atoms with Crippen LogP contribution in [0.25, 0.3) is 0 Å². The molecule has 9 atom stereocenters. The Morgan fingerprint density at radius 3 is 1.85 bits per heavy atom. The standard InChI is InChI=1S/C47H90O12Si3/c1-19-62(20-2,21-3)57-40(24-22-23-29-53-31-36-25-27-37(52-14)28-26-36)34(4)38(48)30-39(49)43(58-60(15,16)46(6,7)8)42-35(5)41(54-32-50-12)44(55-33-51-13)45(56-42)59-61(17,18)47(9,10)11/h25-28,34-35,39-45,49H,19-24,29-33H2,1-18H3/t34-,35-,39?,40-,41-,42-,43-,44+,45-/m1/s1. The van der Waals surface area contributed by atoms with Gasteiger partial charge in [-0.3, -0.25) is 4.79 Å². The Morgan fingerprint density at radius 1 is 0.806 bits per heavy atom. The van der Waals surface area contributed by atoms with Crippen LogP contribution in [0.3, 0.4) is 0 Å². The van der Waals surface area contributed by atoms with Crippen LogP contribution < -0.4 is 4.74 Å². The Kier molecular flexibility index (Phi) is 23.7. The summed E-state index contributed by atoms with van der Waals surface area (Å²) in [5.74, 6) is -0.0458. The molecule has 1 aromatic carbocycles. The maximum Gasteiger partial charge on any atom is 0.195 e. The lowest BCUT2D eigenvalue weighted by molar-refractivity contribution is -0.313. The second-order valence-corrected chi connectivity index (χ2v) is 34.7. The summed E-state index contributed by atoms with van der Waals surface area (Å²) in [4.78, 5) is 14.6. The van der Waals surface area contributed by atoms with Crippen LogP contribution in [0.15, 0.2) is 24.3 Å². The minimum absolute atomic E-state index is 0.00667. The number of carbonyl (C=O) groups excluding carboxylic acids is 1. The molecule has 1 saturated heterocycles. The number of benzene rings is 1. The third-order valence-corrected chi connectivity index (χ3v) is 27.7. The van der Waals surface area contributed by atoms with Crippen molar-refractivity contribution in [2.75, 3.05) is 41.5 Å². The zero-order valence-electron chi connectivity index (χ0n) is 42.2. The fourth-order valence-electron chi connectivity index (χ4n) is 7.44. The van der Waals surface area contributed by atoms with Gasteiger partial charge in [0.15, 0.2) is 31.2 Å². The summed E-state index contributed by atoms with van der Waals surface area (Å²) in [7, 11) is -2.29. The number of hydrogen-bond acceptors (Lipinski definition) is 12. The molecule has 0 radical (unpaired) electrons. The van der Waals surface area contributed by atoms with Crippen molar-refractivity contribution in [2.24, 2.45) is 11.8 Å². The number of aliphatic hydroxyl groups is 1. The number of methoxy groups -OCH3 is 3. The van der Waals surface area contributed by atoms with Gasteiger partial charge in [0, 0.05) is 39.1 Å². The minimum atomic E-state index is -2.57. The average molecular weight is 931 g/mol. The molecule has 1 N–H and O–H groups in total. The molecule has 12 nitrogen and oxygen atoms in total. The predicted octanol–water partition coefficient (Wildman–Crippen LogP) is 10.5. The molecule has 0 aliphatic carbocycles. The fraction of sp³-hybridized carbons (Fsp3) is 0.851. The first-order chi connectivity index (χ1) is 28.9. The molecule has 62 heavy (non-hydrogen) atoms. The van der Waals surface area contributed by atoms with E-state index in [1.165, 1.54) is 0 Å². The van der Waals surface area contributed by atoms with Crippen LogP contribution in [0, 0.1) is 11.8 Å². The molecular weight excluding hydrogens is 841 g/mol. The Bertz CT molecular complexity index is 1400. The molecule has 362 valence electrons. The Morgan fingerprint density at radius 2 is 1.35 bits per heavy atom. The molecular formula is C47H90O12Si3. The average Bonchev–Trinajstić information content (AvgIpc) is 3.21. The third-order valence-electron chi connectivity index (χ3n) is 14.1. The van der Waals surface area contributed by atoms with E-state index in [-0.39, 0.29) is 47.9 Å².